The minimum Gasteiger partial charge on any atom is -0.395 e. The average molecular weight is 321 g/mol. The molecule has 6 nitrogen and oxygen atoms in total. The number of aliphatic hydroxyl groups excluding tert-OH is 1. The number of aromatic nitrogens is 3. The van der Waals surface area contributed by atoms with Crippen molar-refractivity contribution >= 4 is 17.5 Å². The van der Waals surface area contributed by atoms with Crippen molar-refractivity contribution < 1.29 is 5.11 Å². The molecule has 3 rings (SSSR count). The lowest BCUT2D eigenvalue weighted by Crippen LogP contribution is -2.10. The van der Waals surface area contributed by atoms with E-state index in [4.69, 9.17) is 5.11 Å². The summed E-state index contributed by atoms with van der Waals surface area (Å²) in [7, 11) is 0. The molecule has 0 saturated carbocycles. The van der Waals surface area contributed by atoms with Gasteiger partial charge in [-0.15, -0.1) is 0 Å². The van der Waals surface area contributed by atoms with Gasteiger partial charge in [0.25, 0.3) is 0 Å². The smallest absolute Gasteiger partial charge is 0.225 e. The van der Waals surface area contributed by atoms with Gasteiger partial charge in [-0.3, -0.25) is 4.98 Å². The molecule has 24 heavy (non-hydrogen) atoms. The monoisotopic (exact) mass is 321 g/mol. The highest BCUT2D eigenvalue weighted by Crippen LogP contribution is 2.22. The Hall–Kier alpha value is -2.99. The summed E-state index contributed by atoms with van der Waals surface area (Å²) in [6.45, 7) is 2.44. The summed E-state index contributed by atoms with van der Waals surface area (Å²) < 4.78 is 0. The van der Waals surface area contributed by atoms with E-state index in [0.29, 0.717) is 24.0 Å². The summed E-state index contributed by atoms with van der Waals surface area (Å²) in [4.78, 5) is 13.2. The molecule has 0 atom stereocenters. The number of nitrogens with one attached hydrogen (secondary N) is 2. The number of anilines is 3. The fourth-order valence-electron chi connectivity index (χ4n) is 2.19. The van der Waals surface area contributed by atoms with Crippen molar-refractivity contribution in [3.05, 3.63) is 60.3 Å². The van der Waals surface area contributed by atoms with Crippen LogP contribution in [0.2, 0.25) is 0 Å². The van der Waals surface area contributed by atoms with Crippen LogP contribution in [0.15, 0.2) is 54.7 Å². The van der Waals surface area contributed by atoms with Gasteiger partial charge in [0.05, 0.1) is 18.0 Å². The Balaban J connectivity index is 1.93. The van der Waals surface area contributed by atoms with Gasteiger partial charge in [-0.25, -0.2) is 4.98 Å². The number of nitrogens with zero attached hydrogens (tertiary/aromatic N) is 3. The zero-order valence-corrected chi connectivity index (χ0v) is 13.4. The number of benzene rings is 1. The quantitative estimate of drug-likeness (QED) is 0.647. The van der Waals surface area contributed by atoms with Crippen LogP contribution in [0.1, 0.15) is 5.56 Å². The maximum atomic E-state index is 9.00. The van der Waals surface area contributed by atoms with E-state index in [1.165, 1.54) is 5.56 Å². The first-order valence-electron chi connectivity index (χ1n) is 7.73. The van der Waals surface area contributed by atoms with Crippen LogP contribution in [-0.4, -0.2) is 33.2 Å². The fraction of sp³-hybridized carbons (Fsp3) is 0.167. The molecule has 0 unspecified atom stereocenters. The zero-order chi connectivity index (χ0) is 16.8. The largest absolute Gasteiger partial charge is 0.395 e. The van der Waals surface area contributed by atoms with Crippen molar-refractivity contribution in [1.29, 1.82) is 0 Å². The second-order valence-electron chi connectivity index (χ2n) is 5.32. The Kier molecular flexibility index (Phi) is 4.98. The van der Waals surface area contributed by atoms with Crippen molar-refractivity contribution in [2.75, 3.05) is 23.8 Å². The first-order chi connectivity index (χ1) is 11.7. The van der Waals surface area contributed by atoms with Crippen LogP contribution >= 0.6 is 0 Å². The molecule has 0 fully saturated rings. The van der Waals surface area contributed by atoms with Crippen LogP contribution < -0.4 is 10.6 Å². The van der Waals surface area contributed by atoms with Crippen LogP contribution in [0.3, 0.4) is 0 Å². The molecule has 122 valence electrons. The Morgan fingerprint density at radius 1 is 1.00 bits per heavy atom. The lowest BCUT2D eigenvalue weighted by atomic mass is 10.2. The van der Waals surface area contributed by atoms with Gasteiger partial charge in [0.1, 0.15) is 5.82 Å². The SMILES string of the molecule is Cc1ccc(Nc2cc(-c3ccccn3)nc(NCCO)n2)cc1. The molecular weight excluding hydrogens is 302 g/mol. The van der Waals surface area contributed by atoms with Gasteiger partial charge < -0.3 is 15.7 Å². The number of hydrogen-bond acceptors (Lipinski definition) is 6. The third kappa shape index (κ3) is 4.05. The van der Waals surface area contributed by atoms with E-state index in [2.05, 4.69) is 25.6 Å². The average Bonchev–Trinajstić information content (AvgIpc) is 2.62. The van der Waals surface area contributed by atoms with Gasteiger partial charge in [-0.1, -0.05) is 23.8 Å². The highest BCUT2D eigenvalue weighted by molar-refractivity contribution is 5.65. The third-order valence-electron chi connectivity index (χ3n) is 3.37. The first-order valence-corrected chi connectivity index (χ1v) is 7.73. The van der Waals surface area contributed by atoms with E-state index in [0.717, 1.165) is 11.4 Å². The van der Waals surface area contributed by atoms with E-state index in [9.17, 15) is 0 Å². The van der Waals surface area contributed by atoms with E-state index >= 15 is 0 Å². The van der Waals surface area contributed by atoms with E-state index in [1.54, 1.807) is 6.20 Å². The van der Waals surface area contributed by atoms with Crippen LogP contribution in [-0.2, 0) is 0 Å². The second-order valence-corrected chi connectivity index (χ2v) is 5.32. The summed E-state index contributed by atoms with van der Waals surface area (Å²) >= 11 is 0. The molecule has 0 aliphatic carbocycles. The molecule has 0 amide bonds. The molecule has 2 aromatic heterocycles. The van der Waals surface area contributed by atoms with Crippen molar-refractivity contribution in [2.45, 2.75) is 6.92 Å². The zero-order valence-electron chi connectivity index (χ0n) is 13.4. The lowest BCUT2D eigenvalue weighted by Gasteiger charge is -2.11. The summed E-state index contributed by atoms with van der Waals surface area (Å²) in [5.41, 5.74) is 3.61. The molecule has 0 aliphatic rings. The normalized spacial score (nSPS) is 10.4. The van der Waals surface area contributed by atoms with Crippen LogP contribution in [0.4, 0.5) is 17.5 Å². The van der Waals surface area contributed by atoms with E-state index in [1.807, 2.05) is 55.5 Å². The molecule has 1 aromatic carbocycles. The molecule has 6 heteroatoms. The van der Waals surface area contributed by atoms with Gasteiger partial charge in [0.15, 0.2) is 0 Å². The Morgan fingerprint density at radius 3 is 2.54 bits per heavy atom. The Labute approximate surface area is 140 Å². The van der Waals surface area contributed by atoms with Crippen LogP contribution in [0, 0.1) is 6.92 Å². The third-order valence-corrected chi connectivity index (χ3v) is 3.37. The number of aliphatic hydroxyl groups is 1. The second kappa shape index (κ2) is 7.52. The van der Waals surface area contributed by atoms with Gasteiger partial charge in [0, 0.05) is 24.5 Å². The predicted molar refractivity (Wildman–Crippen MR) is 95.3 cm³/mol. The Bertz CT molecular complexity index is 790. The maximum Gasteiger partial charge on any atom is 0.225 e. The molecular formula is C18H19N5O. The molecule has 2 heterocycles. The van der Waals surface area contributed by atoms with Crippen LogP contribution in [0.25, 0.3) is 11.4 Å². The summed E-state index contributed by atoms with van der Waals surface area (Å²) in [5, 5.41) is 15.3. The summed E-state index contributed by atoms with van der Waals surface area (Å²) in [6, 6.07) is 15.6. The predicted octanol–water partition coefficient (Wildman–Crippen LogP) is 2.99. The summed E-state index contributed by atoms with van der Waals surface area (Å²) in [5.74, 6) is 1.11. The molecule has 0 saturated heterocycles. The number of hydrogen-bond donors (Lipinski definition) is 3. The van der Waals surface area contributed by atoms with E-state index < -0.39 is 0 Å². The van der Waals surface area contributed by atoms with Crippen molar-refractivity contribution in [3.8, 4) is 11.4 Å². The van der Waals surface area contributed by atoms with Gasteiger partial charge in [0.2, 0.25) is 5.95 Å². The van der Waals surface area contributed by atoms with Crippen molar-refractivity contribution in [1.82, 2.24) is 15.0 Å². The van der Waals surface area contributed by atoms with E-state index in [-0.39, 0.29) is 6.61 Å². The fourth-order valence-corrected chi connectivity index (χ4v) is 2.19. The van der Waals surface area contributed by atoms with Gasteiger partial charge in [-0.05, 0) is 31.2 Å². The van der Waals surface area contributed by atoms with Gasteiger partial charge >= 0.3 is 0 Å². The first kappa shape index (κ1) is 15.9. The molecule has 0 radical (unpaired) electrons. The number of aryl methyl sites for hydroxylation is 1. The van der Waals surface area contributed by atoms with Crippen molar-refractivity contribution in [2.24, 2.45) is 0 Å². The Morgan fingerprint density at radius 2 is 1.83 bits per heavy atom. The molecule has 0 bridgehead atoms. The highest BCUT2D eigenvalue weighted by Gasteiger charge is 2.08. The molecule has 0 aliphatic heterocycles. The topological polar surface area (TPSA) is 83.0 Å². The standard InChI is InChI=1S/C18H19N5O/c1-13-5-7-14(8-6-13)21-17-12-16(15-4-2-3-9-19-15)22-18(23-17)20-10-11-24/h2-9,12,24H,10-11H2,1H3,(H2,20,21,22,23). The molecule has 0 spiro atoms. The lowest BCUT2D eigenvalue weighted by molar-refractivity contribution is 0.311. The molecule has 3 N–H and O–H groups in total. The van der Waals surface area contributed by atoms with Gasteiger partial charge in [-0.2, -0.15) is 4.98 Å². The number of pyridine rings is 1. The van der Waals surface area contributed by atoms with Crippen LogP contribution in [0.5, 0.6) is 0 Å². The number of rotatable bonds is 6. The maximum absolute atomic E-state index is 9.00. The minimum atomic E-state index is 0.0118. The molecule has 3 aromatic rings. The minimum absolute atomic E-state index is 0.0118. The summed E-state index contributed by atoms with van der Waals surface area (Å²) in [6.07, 6.45) is 1.73. The highest BCUT2D eigenvalue weighted by atomic mass is 16.3. The van der Waals surface area contributed by atoms with Crippen molar-refractivity contribution in [3.63, 3.8) is 0 Å².